The molecular weight excluding hydrogens is 480 g/mol. The lowest BCUT2D eigenvalue weighted by atomic mass is 9.73. The highest BCUT2D eigenvalue weighted by molar-refractivity contribution is 6.22. The number of hydrogen-bond donors (Lipinski definition) is 1. The second-order valence-corrected chi connectivity index (χ2v) is 9.97. The minimum absolute atomic E-state index is 0.170. The van der Waals surface area contributed by atoms with E-state index in [1.165, 1.54) is 16.5 Å². The Morgan fingerprint density at radius 1 is 0.895 bits per heavy atom. The summed E-state index contributed by atoms with van der Waals surface area (Å²) in [6.07, 6.45) is 2.15. The normalized spacial score (nSPS) is 21.5. The van der Waals surface area contributed by atoms with Crippen molar-refractivity contribution in [3.05, 3.63) is 102 Å². The highest BCUT2D eigenvalue weighted by Gasteiger charge is 2.50. The van der Waals surface area contributed by atoms with Crippen LogP contribution in [0.15, 0.2) is 84.9 Å². The number of fused-ring (bicyclic) bond motifs is 1. The number of hydrogen-bond acceptors (Lipinski definition) is 5. The lowest BCUT2D eigenvalue weighted by Gasteiger charge is -2.28. The number of nitrogens with zero attached hydrogens (tertiary/aromatic N) is 1. The summed E-state index contributed by atoms with van der Waals surface area (Å²) in [6.45, 7) is 1.41. The van der Waals surface area contributed by atoms with Gasteiger partial charge >= 0.3 is 5.97 Å². The minimum Gasteiger partial charge on any atom is -0.452 e. The van der Waals surface area contributed by atoms with Crippen molar-refractivity contribution in [3.63, 3.8) is 0 Å². The first-order valence-electron chi connectivity index (χ1n) is 13.0. The van der Waals surface area contributed by atoms with Crippen LogP contribution < -0.4 is 10.2 Å². The monoisotopic (exact) mass is 510 g/mol. The van der Waals surface area contributed by atoms with Crippen molar-refractivity contribution in [2.24, 2.45) is 11.8 Å². The third kappa shape index (κ3) is 5.23. The molecule has 0 bridgehead atoms. The molecule has 38 heavy (non-hydrogen) atoms. The van der Waals surface area contributed by atoms with Crippen LogP contribution in [0.25, 0.3) is 0 Å². The van der Waals surface area contributed by atoms with E-state index in [2.05, 4.69) is 17.4 Å². The van der Waals surface area contributed by atoms with Crippen LogP contribution in [0.2, 0.25) is 0 Å². The predicted octanol–water partition coefficient (Wildman–Crippen LogP) is 4.79. The molecule has 1 saturated heterocycles. The summed E-state index contributed by atoms with van der Waals surface area (Å²) in [4.78, 5) is 52.8. The zero-order valence-corrected chi connectivity index (χ0v) is 21.2. The number of carbonyl (C=O) groups is 4. The second kappa shape index (κ2) is 11.0. The molecule has 1 aliphatic carbocycles. The van der Waals surface area contributed by atoms with Crippen molar-refractivity contribution >= 4 is 29.4 Å². The second-order valence-electron chi connectivity index (χ2n) is 9.97. The third-order valence-corrected chi connectivity index (χ3v) is 7.55. The number of nitrogens with one attached hydrogen (secondary N) is 1. The van der Waals surface area contributed by atoms with E-state index in [4.69, 9.17) is 4.74 Å². The number of rotatable bonds is 7. The molecule has 3 aromatic rings. The van der Waals surface area contributed by atoms with E-state index in [0.29, 0.717) is 18.5 Å². The first-order valence-corrected chi connectivity index (χ1v) is 13.0. The molecule has 3 amide bonds. The van der Waals surface area contributed by atoms with Gasteiger partial charge in [-0.25, -0.2) is 4.79 Å². The maximum Gasteiger partial charge on any atom is 0.338 e. The molecule has 2 fully saturated rings. The molecule has 1 saturated carbocycles. The lowest BCUT2D eigenvalue weighted by molar-refractivity contribution is -0.125. The van der Waals surface area contributed by atoms with Gasteiger partial charge in [0.1, 0.15) is 0 Å². The largest absolute Gasteiger partial charge is 0.452 e. The number of imide groups is 1. The number of anilines is 1. The van der Waals surface area contributed by atoms with E-state index in [1.807, 2.05) is 55.5 Å². The molecule has 7 heteroatoms. The Hall–Kier alpha value is -4.26. The molecule has 0 aromatic heterocycles. The standard InChI is InChI=1S/C31H30N2O5/c1-20(21-9-4-2-5-10-21)32-28(34)19-38-31(37)24-13-8-14-25(17-24)33-29(35)26-16-15-23(18-27(26)30(33)36)22-11-6-3-7-12-22/h2-14,17,20,23,26-27H,15-16,18-19H2,1H3,(H,32,34)/t20-,23-,26+,27-/m0/s1. The van der Waals surface area contributed by atoms with Crippen molar-refractivity contribution in [2.75, 3.05) is 11.5 Å². The van der Waals surface area contributed by atoms with Crippen LogP contribution in [0, 0.1) is 11.8 Å². The molecule has 0 spiro atoms. The fourth-order valence-corrected chi connectivity index (χ4v) is 5.56. The Balaban J connectivity index is 1.22. The van der Waals surface area contributed by atoms with Gasteiger partial charge in [0.25, 0.3) is 5.91 Å². The van der Waals surface area contributed by atoms with Crippen molar-refractivity contribution in [3.8, 4) is 0 Å². The Morgan fingerprint density at radius 2 is 1.58 bits per heavy atom. The van der Waals surface area contributed by atoms with E-state index in [-0.39, 0.29) is 41.2 Å². The molecule has 0 unspecified atom stereocenters. The molecule has 4 atom stereocenters. The average Bonchev–Trinajstić information content (AvgIpc) is 3.21. The first kappa shape index (κ1) is 25.4. The number of carbonyl (C=O) groups excluding carboxylic acids is 4. The van der Waals surface area contributed by atoms with Gasteiger partial charge in [-0.3, -0.25) is 19.3 Å². The number of amides is 3. The Morgan fingerprint density at radius 3 is 2.32 bits per heavy atom. The van der Waals surface area contributed by atoms with Gasteiger partial charge in [-0.15, -0.1) is 0 Å². The molecule has 1 aliphatic heterocycles. The number of esters is 1. The van der Waals surface area contributed by atoms with Crippen LogP contribution in [-0.4, -0.2) is 30.3 Å². The average molecular weight is 511 g/mol. The van der Waals surface area contributed by atoms with Crippen molar-refractivity contribution in [1.82, 2.24) is 5.32 Å². The predicted molar refractivity (Wildman–Crippen MR) is 142 cm³/mol. The minimum atomic E-state index is -0.699. The van der Waals surface area contributed by atoms with Gasteiger partial charge in [0, 0.05) is 0 Å². The summed E-state index contributed by atoms with van der Waals surface area (Å²) < 4.78 is 5.22. The lowest BCUT2D eigenvalue weighted by Crippen LogP contribution is -2.31. The highest BCUT2D eigenvalue weighted by Crippen LogP contribution is 2.45. The van der Waals surface area contributed by atoms with Gasteiger partial charge in [0.15, 0.2) is 6.61 Å². The van der Waals surface area contributed by atoms with Crippen molar-refractivity contribution < 1.29 is 23.9 Å². The molecule has 1 N–H and O–H groups in total. The third-order valence-electron chi connectivity index (χ3n) is 7.55. The molecule has 7 nitrogen and oxygen atoms in total. The van der Waals surface area contributed by atoms with Crippen LogP contribution >= 0.6 is 0 Å². The van der Waals surface area contributed by atoms with Gasteiger partial charge < -0.3 is 10.1 Å². The van der Waals surface area contributed by atoms with Crippen LogP contribution in [-0.2, 0) is 19.1 Å². The topological polar surface area (TPSA) is 92.8 Å². The van der Waals surface area contributed by atoms with Crippen molar-refractivity contribution in [2.45, 2.75) is 38.1 Å². The van der Waals surface area contributed by atoms with E-state index < -0.39 is 18.5 Å². The molecule has 0 radical (unpaired) electrons. The zero-order chi connectivity index (χ0) is 26.6. The van der Waals surface area contributed by atoms with Gasteiger partial charge in [-0.2, -0.15) is 0 Å². The highest BCUT2D eigenvalue weighted by atomic mass is 16.5. The van der Waals surface area contributed by atoms with Crippen LogP contribution in [0.4, 0.5) is 5.69 Å². The Kier molecular flexibility index (Phi) is 7.36. The zero-order valence-electron chi connectivity index (χ0n) is 21.2. The van der Waals surface area contributed by atoms with Crippen LogP contribution in [0.1, 0.15) is 59.6 Å². The summed E-state index contributed by atoms with van der Waals surface area (Å²) in [5.41, 5.74) is 2.65. The summed E-state index contributed by atoms with van der Waals surface area (Å²) in [5, 5.41) is 2.80. The van der Waals surface area contributed by atoms with Crippen LogP contribution in [0.5, 0.6) is 0 Å². The number of ether oxygens (including phenoxy) is 1. The Bertz CT molecular complexity index is 1340. The van der Waals surface area contributed by atoms with Crippen LogP contribution in [0.3, 0.4) is 0 Å². The van der Waals surface area contributed by atoms with Gasteiger partial charge in [0.2, 0.25) is 11.8 Å². The number of benzene rings is 3. The maximum atomic E-state index is 13.4. The molecule has 3 aromatic carbocycles. The SMILES string of the molecule is C[C@H](NC(=O)COC(=O)c1cccc(N2C(=O)[C@H]3C[C@@H](c4ccccc4)CC[C@H]3C2=O)c1)c1ccccc1. The van der Waals surface area contributed by atoms with Gasteiger partial charge in [-0.05, 0) is 61.4 Å². The summed E-state index contributed by atoms with van der Waals surface area (Å²) in [6, 6.07) is 25.6. The molecular formula is C31H30N2O5. The molecule has 2 aliphatic rings. The molecule has 5 rings (SSSR count). The quantitative estimate of drug-likeness (QED) is 0.364. The summed E-state index contributed by atoms with van der Waals surface area (Å²) in [7, 11) is 0. The van der Waals surface area contributed by atoms with E-state index >= 15 is 0 Å². The smallest absolute Gasteiger partial charge is 0.338 e. The maximum absolute atomic E-state index is 13.4. The van der Waals surface area contributed by atoms with Crippen molar-refractivity contribution in [1.29, 1.82) is 0 Å². The van der Waals surface area contributed by atoms with E-state index in [1.54, 1.807) is 18.2 Å². The van der Waals surface area contributed by atoms with Gasteiger partial charge in [0.05, 0.1) is 29.1 Å². The Labute approximate surface area is 221 Å². The van der Waals surface area contributed by atoms with Gasteiger partial charge in [-0.1, -0.05) is 66.7 Å². The summed E-state index contributed by atoms with van der Waals surface area (Å²) in [5.74, 6) is -2.03. The molecule has 194 valence electrons. The summed E-state index contributed by atoms with van der Waals surface area (Å²) >= 11 is 0. The van der Waals surface area contributed by atoms with E-state index in [9.17, 15) is 19.2 Å². The van der Waals surface area contributed by atoms with E-state index in [0.717, 1.165) is 12.0 Å². The molecule has 1 heterocycles. The fourth-order valence-electron chi connectivity index (χ4n) is 5.56. The first-order chi connectivity index (χ1) is 18.4. The fraction of sp³-hybridized carbons (Fsp3) is 0.290.